The van der Waals surface area contributed by atoms with Crippen LogP contribution in [0.2, 0.25) is 0 Å². The summed E-state index contributed by atoms with van der Waals surface area (Å²) in [6, 6.07) is 42.3. The number of nitrogens with zero attached hydrogens (tertiary/aromatic N) is 1. The van der Waals surface area contributed by atoms with Crippen molar-refractivity contribution in [1.29, 1.82) is 0 Å². The van der Waals surface area contributed by atoms with E-state index in [0.29, 0.717) is 11.8 Å². The van der Waals surface area contributed by atoms with Crippen molar-refractivity contribution in [3.8, 4) is 22.3 Å². The van der Waals surface area contributed by atoms with Gasteiger partial charge in [0.25, 0.3) is 0 Å². The number of benzene rings is 6. The van der Waals surface area contributed by atoms with Crippen molar-refractivity contribution in [3.63, 3.8) is 0 Å². The highest BCUT2D eigenvalue weighted by Crippen LogP contribution is 2.72. The van der Waals surface area contributed by atoms with E-state index < -0.39 is 0 Å². The monoisotopic (exact) mass is 611 g/mol. The van der Waals surface area contributed by atoms with Gasteiger partial charge in [-0.3, -0.25) is 0 Å². The van der Waals surface area contributed by atoms with Crippen LogP contribution < -0.4 is 0 Å². The molecule has 2 heterocycles. The van der Waals surface area contributed by atoms with Gasteiger partial charge < -0.3 is 8.98 Å². The van der Waals surface area contributed by atoms with Crippen LogP contribution in [0, 0.1) is 17.3 Å². The molecular formula is C46H29NO. The lowest BCUT2D eigenvalue weighted by Gasteiger charge is -2.36. The molecule has 0 saturated heterocycles. The number of fused-ring (bicyclic) bond motifs is 7. The second kappa shape index (κ2) is 8.53. The van der Waals surface area contributed by atoms with E-state index in [1.54, 1.807) is 0 Å². The Morgan fingerprint density at radius 1 is 0.667 bits per heavy atom. The molecule has 6 aromatic carbocycles. The number of rotatable bonds is 2. The molecule has 0 aliphatic heterocycles. The summed E-state index contributed by atoms with van der Waals surface area (Å²) in [6.45, 7) is 4.87. The number of allylic oxidation sites excluding steroid dienone is 7. The van der Waals surface area contributed by atoms with Gasteiger partial charge in [-0.25, -0.2) is 0 Å². The fourth-order valence-corrected chi connectivity index (χ4v) is 9.94. The molecule has 2 aromatic heterocycles. The van der Waals surface area contributed by atoms with Crippen LogP contribution in [-0.4, -0.2) is 4.57 Å². The Hall–Kier alpha value is -5.86. The van der Waals surface area contributed by atoms with Gasteiger partial charge in [0.2, 0.25) is 0 Å². The van der Waals surface area contributed by atoms with Crippen LogP contribution in [0.4, 0.5) is 0 Å². The van der Waals surface area contributed by atoms with E-state index >= 15 is 0 Å². The second-order valence-electron chi connectivity index (χ2n) is 14.1. The minimum absolute atomic E-state index is 0.0698. The molecule has 0 bridgehead atoms. The molecule has 4 aliphatic rings. The van der Waals surface area contributed by atoms with Crippen molar-refractivity contribution >= 4 is 65.8 Å². The summed E-state index contributed by atoms with van der Waals surface area (Å²) in [4.78, 5) is 0. The topological polar surface area (TPSA) is 18.1 Å². The predicted molar refractivity (Wildman–Crippen MR) is 200 cm³/mol. The summed E-state index contributed by atoms with van der Waals surface area (Å²) >= 11 is 0. The van der Waals surface area contributed by atoms with E-state index in [1.807, 2.05) is 0 Å². The average molecular weight is 612 g/mol. The molecule has 2 unspecified atom stereocenters. The second-order valence-corrected chi connectivity index (χ2v) is 14.1. The number of furan rings is 1. The summed E-state index contributed by atoms with van der Waals surface area (Å²) in [6.07, 6.45) is 10.4. The summed E-state index contributed by atoms with van der Waals surface area (Å²) < 4.78 is 9.39. The van der Waals surface area contributed by atoms with Crippen molar-refractivity contribution in [1.82, 2.24) is 4.57 Å². The molecule has 8 aromatic rings. The van der Waals surface area contributed by atoms with Crippen LogP contribution in [0.25, 0.3) is 88.0 Å². The molecule has 0 amide bonds. The normalized spacial score (nSPS) is 22.0. The molecular weight excluding hydrogens is 583 g/mol. The van der Waals surface area contributed by atoms with E-state index in [2.05, 4.69) is 144 Å². The summed E-state index contributed by atoms with van der Waals surface area (Å²) in [5.41, 5.74) is 14.6. The molecule has 3 atom stereocenters. The van der Waals surface area contributed by atoms with Gasteiger partial charge in [0, 0.05) is 61.7 Å². The maximum atomic E-state index is 6.77. The highest BCUT2D eigenvalue weighted by Gasteiger charge is 2.63. The fraction of sp³-hybridized carbons (Fsp3) is 0.0870. The zero-order valence-electron chi connectivity index (χ0n) is 26.2. The highest BCUT2D eigenvalue weighted by atomic mass is 16.3. The Kier molecular flexibility index (Phi) is 4.49. The van der Waals surface area contributed by atoms with Gasteiger partial charge in [-0.1, -0.05) is 128 Å². The molecule has 1 spiro atoms. The van der Waals surface area contributed by atoms with Gasteiger partial charge in [0.15, 0.2) is 0 Å². The van der Waals surface area contributed by atoms with Crippen molar-refractivity contribution in [2.24, 2.45) is 17.3 Å². The molecule has 1 fully saturated rings. The van der Waals surface area contributed by atoms with Gasteiger partial charge in [0.05, 0.1) is 11.0 Å². The number of hydrogen-bond acceptors (Lipinski definition) is 1. The summed E-state index contributed by atoms with van der Waals surface area (Å²) in [5.74, 6) is 0.676. The molecule has 48 heavy (non-hydrogen) atoms. The quantitative estimate of drug-likeness (QED) is 0.190. The van der Waals surface area contributed by atoms with Crippen LogP contribution in [0.15, 0.2) is 156 Å². The molecule has 0 N–H and O–H groups in total. The molecule has 2 nitrogen and oxygen atoms in total. The Labute approximate surface area is 277 Å². The first kappa shape index (κ1) is 25.3. The zero-order valence-corrected chi connectivity index (χ0v) is 26.2. The van der Waals surface area contributed by atoms with Gasteiger partial charge >= 0.3 is 0 Å². The lowest BCUT2D eigenvalue weighted by molar-refractivity contribution is 0.489. The summed E-state index contributed by atoms with van der Waals surface area (Å²) in [7, 11) is 0. The highest BCUT2D eigenvalue weighted by molar-refractivity contribution is 6.36. The molecule has 1 saturated carbocycles. The predicted octanol–water partition coefficient (Wildman–Crippen LogP) is 12.2. The summed E-state index contributed by atoms with van der Waals surface area (Å²) in [5, 5.41) is 7.61. The third-order valence-corrected chi connectivity index (χ3v) is 11.9. The average Bonchev–Trinajstić information content (AvgIpc) is 3.62. The van der Waals surface area contributed by atoms with Crippen molar-refractivity contribution < 1.29 is 4.42 Å². The van der Waals surface area contributed by atoms with E-state index in [1.165, 1.54) is 82.6 Å². The van der Waals surface area contributed by atoms with E-state index in [0.717, 1.165) is 23.0 Å². The fourth-order valence-electron chi connectivity index (χ4n) is 9.94. The number of para-hydroxylation sites is 1. The Morgan fingerprint density at radius 2 is 1.48 bits per heavy atom. The zero-order chi connectivity index (χ0) is 31.3. The van der Waals surface area contributed by atoms with Gasteiger partial charge in [0.1, 0.15) is 11.2 Å². The van der Waals surface area contributed by atoms with Crippen LogP contribution in [-0.2, 0) is 0 Å². The Balaban J connectivity index is 1.36. The van der Waals surface area contributed by atoms with E-state index in [9.17, 15) is 0 Å². The third kappa shape index (κ3) is 2.88. The lowest BCUT2D eigenvalue weighted by atomic mass is 9.70. The van der Waals surface area contributed by atoms with Crippen LogP contribution >= 0.6 is 0 Å². The van der Waals surface area contributed by atoms with Crippen molar-refractivity contribution in [2.45, 2.75) is 6.42 Å². The Morgan fingerprint density at radius 3 is 2.40 bits per heavy atom. The van der Waals surface area contributed by atoms with Crippen molar-refractivity contribution in [3.05, 3.63) is 157 Å². The van der Waals surface area contributed by atoms with E-state index in [-0.39, 0.29) is 5.41 Å². The molecule has 224 valence electrons. The number of aromatic nitrogens is 1. The maximum absolute atomic E-state index is 6.77. The minimum Gasteiger partial charge on any atom is -0.456 e. The molecule has 0 radical (unpaired) electrons. The molecule has 12 rings (SSSR count). The van der Waals surface area contributed by atoms with Crippen LogP contribution in [0.5, 0.6) is 0 Å². The first-order valence-electron chi connectivity index (χ1n) is 17.0. The van der Waals surface area contributed by atoms with Gasteiger partial charge in [-0.05, 0) is 57.2 Å². The Bertz CT molecular complexity index is 2890. The largest absolute Gasteiger partial charge is 0.456 e. The smallest absolute Gasteiger partial charge is 0.138 e. The van der Waals surface area contributed by atoms with Crippen molar-refractivity contribution in [2.75, 3.05) is 0 Å². The van der Waals surface area contributed by atoms with Crippen LogP contribution in [0.3, 0.4) is 0 Å². The minimum atomic E-state index is 0.0698. The first-order chi connectivity index (χ1) is 23.7. The maximum Gasteiger partial charge on any atom is 0.138 e. The SMILES string of the molecule is C=C1C(c2ccccc2)=C(n2c3cc4oc5ccccc5c4c4c3c3c5c(cccc5ccc32)-c2ccccc2-4)[C@H]2CC23C=CC=CC13. The lowest BCUT2D eigenvalue weighted by Crippen LogP contribution is -2.25. The molecule has 4 aliphatic carbocycles. The van der Waals surface area contributed by atoms with Gasteiger partial charge in [-0.15, -0.1) is 0 Å². The van der Waals surface area contributed by atoms with Gasteiger partial charge in [-0.2, -0.15) is 0 Å². The van der Waals surface area contributed by atoms with E-state index in [4.69, 9.17) is 11.0 Å². The third-order valence-electron chi connectivity index (χ3n) is 11.9. The number of hydrogen-bond donors (Lipinski definition) is 0. The first-order valence-corrected chi connectivity index (χ1v) is 17.0. The molecule has 2 heteroatoms. The standard InChI is InChI=1S/C46H29NO/c1-26-33-19-9-10-23-46(33)25-34(46)45(39(26)27-12-3-2-4-13-27)47-35-22-21-28-14-11-18-30-29-15-5-6-16-31(29)42-41-32-17-7-8-20-37(32)48-38(41)24-36(47)44(42)43(35)40(28)30/h2-24,33-34H,1,25H2/t33?,34-,46?/m1/s1. The van der Waals surface area contributed by atoms with Crippen LogP contribution in [0.1, 0.15) is 12.0 Å².